The summed E-state index contributed by atoms with van der Waals surface area (Å²) in [4.78, 5) is 10.8. The van der Waals surface area contributed by atoms with Crippen molar-refractivity contribution in [3.63, 3.8) is 0 Å². The first kappa shape index (κ1) is 6.75. The molecule has 52 valence electrons. The molecular formula is C7H13NO. The highest BCUT2D eigenvalue weighted by Gasteiger charge is 2.26. The van der Waals surface area contributed by atoms with Crippen molar-refractivity contribution in [1.29, 1.82) is 0 Å². The molecule has 0 radical (unpaired) electrons. The third-order valence-electron chi connectivity index (χ3n) is 1.80. The van der Waals surface area contributed by atoms with Crippen LogP contribution in [0.4, 0.5) is 0 Å². The van der Waals surface area contributed by atoms with Crippen LogP contribution in [0.1, 0.15) is 32.6 Å². The van der Waals surface area contributed by atoms with Gasteiger partial charge in [-0.15, -0.1) is 0 Å². The highest BCUT2D eigenvalue weighted by Crippen LogP contribution is 2.22. The van der Waals surface area contributed by atoms with Crippen LogP contribution in [0, 0.1) is 0 Å². The SMILES string of the molecule is CC1(N)CCCC(=O)C1. The van der Waals surface area contributed by atoms with Crippen LogP contribution in [0.3, 0.4) is 0 Å². The molecule has 2 nitrogen and oxygen atoms in total. The minimum Gasteiger partial charge on any atom is -0.325 e. The summed E-state index contributed by atoms with van der Waals surface area (Å²) in [6.07, 6.45) is 3.30. The lowest BCUT2D eigenvalue weighted by molar-refractivity contribution is -0.121. The molecule has 1 saturated carbocycles. The summed E-state index contributed by atoms with van der Waals surface area (Å²) >= 11 is 0. The van der Waals surface area contributed by atoms with Gasteiger partial charge in [-0.1, -0.05) is 0 Å². The van der Waals surface area contributed by atoms with Crippen LogP contribution in [-0.4, -0.2) is 11.3 Å². The van der Waals surface area contributed by atoms with Gasteiger partial charge in [0.25, 0.3) is 0 Å². The maximum Gasteiger partial charge on any atom is 0.134 e. The summed E-state index contributed by atoms with van der Waals surface area (Å²) in [5.74, 6) is 0.325. The third-order valence-corrected chi connectivity index (χ3v) is 1.80. The average Bonchev–Trinajstić information content (AvgIpc) is 1.60. The van der Waals surface area contributed by atoms with Crippen molar-refractivity contribution in [2.24, 2.45) is 5.73 Å². The van der Waals surface area contributed by atoms with Crippen LogP contribution in [-0.2, 0) is 4.79 Å². The Hall–Kier alpha value is -0.370. The molecule has 1 aliphatic rings. The number of hydrogen-bond donors (Lipinski definition) is 1. The molecule has 0 aromatic heterocycles. The normalized spacial score (nSPS) is 36.9. The van der Waals surface area contributed by atoms with E-state index in [4.69, 9.17) is 5.73 Å². The summed E-state index contributed by atoms with van der Waals surface area (Å²) < 4.78 is 0. The molecule has 0 heterocycles. The molecule has 0 saturated heterocycles. The standard InChI is InChI=1S/C7H13NO/c1-7(8)4-2-3-6(9)5-7/h2-5,8H2,1H3. The highest BCUT2D eigenvalue weighted by atomic mass is 16.1. The van der Waals surface area contributed by atoms with Crippen LogP contribution in [0.5, 0.6) is 0 Å². The number of ketones is 1. The van der Waals surface area contributed by atoms with E-state index in [-0.39, 0.29) is 5.54 Å². The fourth-order valence-corrected chi connectivity index (χ4v) is 1.32. The van der Waals surface area contributed by atoms with E-state index in [0.29, 0.717) is 12.2 Å². The van der Waals surface area contributed by atoms with Crippen LogP contribution in [0.2, 0.25) is 0 Å². The molecule has 1 aliphatic carbocycles. The number of carbonyl (C=O) groups is 1. The highest BCUT2D eigenvalue weighted by molar-refractivity contribution is 5.80. The second-order valence-corrected chi connectivity index (χ2v) is 3.22. The Morgan fingerprint density at radius 2 is 2.33 bits per heavy atom. The van der Waals surface area contributed by atoms with Crippen molar-refractivity contribution >= 4 is 5.78 Å². The van der Waals surface area contributed by atoms with Gasteiger partial charge in [-0.25, -0.2) is 0 Å². The lowest BCUT2D eigenvalue weighted by Gasteiger charge is -2.27. The largest absolute Gasteiger partial charge is 0.325 e. The van der Waals surface area contributed by atoms with Crippen LogP contribution in [0.15, 0.2) is 0 Å². The van der Waals surface area contributed by atoms with Crippen molar-refractivity contribution in [2.75, 3.05) is 0 Å². The summed E-state index contributed by atoms with van der Waals surface area (Å²) in [6.45, 7) is 1.95. The van der Waals surface area contributed by atoms with Gasteiger partial charge in [0.2, 0.25) is 0 Å². The Balaban J connectivity index is 2.51. The molecule has 0 bridgehead atoms. The van der Waals surface area contributed by atoms with Gasteiger partial charge < -0.3 is 5.73 Å². The first-order chi connectivity index (χ1) is 4.10. The smallest absolute Gasteiger partial charge is 0.134 e. The Morgan fingerprint density at radius 1 is 1.67 bits per heavy atom. The van der Waals surface area contributed by atoms with Gasteiger partial charge in [-0.05, 0) is 19.8 Å². The van der Waals surface area contributed by atoms with Crippen molar-refractivity contribution in [3.05, 3.63) is 0 Å². The number of hydrogen-bond acceptors (Lipinski definition) is 2. The summed E-state index contributed by atoms with van der Waals surface area (Å²) in [6, 6.07) is 0. The second kappa shape index (κ2) is 2.10. The Labute approximate surface area is 55.4 Å². The zero-order chi connectivity index (χ0) is 6.91. The molecule has 9 heavy (non-hydrogen) atoms. The van der Waals surface area contributed by atoms with Gasteiger partial charge in [0.1, 0.15) is 5.78 Å². The topological polar surface area (TPSA) is 43.1 Å². The third kappa shape index (κ3) is 1.79. The van der Waals surface area contributed by atoms with Crippen LogP contribution < -0.4 is 5.73 Å². The van der Waals surface area contributed by atoms with E-state index in [1.54, 1.807) is 0 Å². The summed E-state index contributed by atoms with van der Waals surface area (Å²) in [7, 11) is 0. The van der Waals surface area contributed by atoms with E-state index < -0.39 is 0 Å². The minimum atomic E-state index is -0.199. The van der Waals surface area contributed by atoms with E-state index in [1.165, 1.54) is 0 Å². The predicted octanol–water partition coefficient (Wildman–Crippen LogP) is 0.847. The fraction of sp³-hybridized carbons (Fsp3) is 0.857. The van der Waals surface area contributed by atoms with Gasteiger partial charge in [0.15, 0.2) is 0 Å². The van der Waals surface area contributed by atoms with Crippen molar-refractivity contribution in [3.8, 4) is 0 Å². The van der Waals surface area contributed by atoms with E-state index in [1.807, 2.05) is 6.92 Å². The maximum absolute atomic E-state index is 10.8. The lowest BCUT2D eigenvalue weighted by Crippen LogP contribution is -2.41. The number of rotatable bonds is 0. The molecule has 1 rings (SSSR count). The molecule has 2 heteroatoms. The Morgan fingerprint density at radius 3 is 2.67 bits per heavy atom. The molecule has 0 spiro atoms. The van der Waals surface area contributed by atoms with Gasteiger partial charge in [0, 0.05) is 18.4 Å². The molecule has 1 unspecified atom stereocenters. The second-order valence-electron chi connectivity index (χ2n) is 3.22. The first-order valence-electron chi connectivity index (χ1n) is 3.41. The van der Waals surface area contributed by atoms with Gasteiger partial charge >= 0.3 is 0 Å². The van der Waals surface area contributed by atoms with Gasteiger partial charge in [-0.3, -0.25) is 4.79 Å². The molecule has 0 aromatic rings. The molecule has 0 aliphatic heterocycles. The molecule has 1 atom stereocenters. The lowest BCUT2D eigenvalue weighted by atomic mass is 9.84. The fourth-order valence-electron chi connectivity index (χ4n) is 1.32. The number of nitrogens with two attached hydrogens (primary N) is 1. The van der Waals surface area contributed by atoms with E-state index in [2.05, 4.69) is 0 Å². The van der Waals surface area contributed by atoms with Crippen molar-refractivity contribution < 1.29 is 4.79 Å². The van der Waals surface area contributed by atoms with Gasteiger partial charge in [-0.2, -0.15) is 0 Å². The Bertz CT molecular complexity index is 129. The minimum absolute atomic E-state index is 0.199. The zero-order valence-corrected chi connectivity index (χ0v) is 5.81. The van der Waals surface area contributed by atoms with E-state index in [9.17, 15) is 4.79 Å². The molecule has 2 N–H and O–H groups in total. The van der Waals surface area contributed by atoms with Gasteiger partial charge in [0.05, 0.1) is 0 Å². The Kier molecular flexibility index (Phi) is 1.58. The summed E-state index contributed by atoms with van der Waals surface area (Å²) in [5.41, 5.74) is 5.55. The zero-order valence-electron chi connectivity index (χ0n) is 5.81. The molecular weight excluding hydrogens is 114 g/mol. The molecule has 1 fully saturated rings. The van der Waals surface area contributed by atoms with Crippen molar-refractivity contribution in [2.45, 2.75) is 38.1 Å². The number of Topliss-reactive ketones (excluding diaryl/α,β-unsaturated/α-hetero) is 1. The van der Waals surface area contributed by atoms with Crippen molar-refractivity contribution in [1.82, 2.24) is 0 Å². The first-order valence-corrected chi connectivity index (χ1v) is 3.41. The number of carbonyl (C=O) groups excluding carboxylic acids is 1. The predicted molar refractivity (Wildman–Crippen MR) is 36.1 cm³/mol. The van der Waals surface area contributed by atoms with E-state index in [0.717, 1.165) is 19.3 Å². The monoisotopic (exact) mass is 127 g/mol. The average molecular weight is 127 g/mol. The van der Waals surface area contributed by atoms with Crippen LogP contribution in [0.25, 0.3) is 0 Å². The maximum atomic E-state index is 10.8. The van der Waals surface area contributed by atoms with E-state index >= 15 is 0 Å². The molecule has 0 amide bonds. The molecule has 0 aromatic carbocycles. The quantitative estimate of drug-likeness (QED) is 0.524. The van der Waals surface area contributed by atoms with Crippen LogP contribution >= 0.6 is 0 Å². The summed E-state index contributed by atoms with van der Waals surface area (Å²) in [5, 5.41) is 0.